The Bertz CT molecular complexity index is 1680. The van der Waals surface area contributed by atoms with E-state index in [4.69, 9.17) is 27.2 Å². The van der Waals surface area contributed by atoms with Gasteiger partial charge in [0.25, 0.3) is 5.91 Å². The molecule has 5 heterocycles. The molecular weight excluding hydrogens is 494 g/mol. The van der Waals surface area contributed by atoms with Crippen LogP contribution in [0.3, 0.4) is 0 Å². The van der Waals surface area contributed by atoms with Gasteiger partial charge in [0, 0.05) is 59.5 Å². The van der Waals surface area contributed by atoms with E-state index < -0.39 is 32.1 Å². The number of amides is 1. The summed E-state index contributed by atoms with van der Waals surface area (Å²) >= 11 is 1.43. The molecule has 0 radical (unpaired) electrons. The Labute approximate surface area is 226 Å². The highest BCUT2D eigenvalue weighted by Crippen LogP contribution is 2.46. The lowest BCUT2D eigenvalue weighted by molar-refractivity contribution is -0.144. The second-order valence-corrected chi connectivity index (χ2v) is 9.67. The molecule has 1 amide bonds. The normalized spacial score (nSPS) is 18.4. The number of aryl methyl sites for hydroxylation is 1. The number of hydrogen-bond donors (Lipinski definition) is 0. The van der Waals surface area contributed by atoms with Crippen LogP contribution in [0, 0.1) is 0 Å². The molecule has 10 nitrogen and oxygen atoms in total. The Morgan fingerprint density at radius 1 is 1.32 bits per heavy atom. The number of hydrogen-bond acceptors (Lipinski definition) is 8. The molecule has 2 aliphatic rings. The van der Waals surface area contributed by atoms with Crippen molar-refractivity contribution in [2.24, 2.45) is 7.05 Å². The van der Waals surface area contributed by atoms with Gasteiger partial charge < -0.3 is 23.8 Å². The monoisotopic (exact) mass is 527 g/mol. The topological polar surface area (TPSA) is 92.9 Å². The predicted molar refractivity (Wildman–Crippen MR) is 137 cm³/mol. The molecule has 37 heavy (non-hydrogen) atoms. The minimum Gasteiger partial charge on any atom is -0.496 e. The molecule has 2 aliphatic heterocycles. The molecule has 1 aromatic carbocycles. The number of rotatable bonds is 7. The minimum atomic E-state index is -2.97. The van der Waals surface area contributed by atoms with E-state index in [0.29, 0.717) is 38.9 Å². The summed E-state index contributed by atoms with van der Waals surface area (Å²) in [5.41, 5.74) is 2.04. The standard InChI is InChI=1S/C26H27N5O5S/c1-29(26(13-33-3)14-35-15-26)25(32)23-19-11-36-22-10-21(34-4)17(20-5-7-27-30(20)2)9-18(22)24(19)31(28-23)16-6-8-37-12-16/h5-10,12H,11,13-15H2,1-4H3/i1D3,3D3. The maximum absolute atomic E-state index is 14.3. The lowest BCUT2D eigenvalue weighted by atomic mass is 9.94. The second kappa shape index (κ2) is 9.02. The molecule has 4 aromatic rings. The van der Waals surface area contributed by atoms with Crippen molar-refractivity contribution >= 4 is 17.2 Å². The quantitative estimate of drug-likeness (QED) is 0.364. The molecule has 3 aromatic heterocycles. The number of nitrogens with zero attached hydrogens (tertiary/aromatic N) is 5. The third-order valence-corrected chi connectivity index (χ3v) is 7.39. The zero-order valence-electron chi connectivity index (χ0n) is 26.1. The van der Waals surface area contributed by atoms with Crippen molar-refractivity contribution < 1.29 is 32.0 Å². The van der Waals surface area contributed by atoms with Crippen molar-refractivity contribution in [2.75, 3.05) is 40.9 Å². The van der Waals surface area contributed by atoms with Crippen LogP contribution in [0.2, 0.25) is 0 Å². The first-order valence-corrected chi connectivity index (χ1v) is 12.3. The van der Waals surface area contributed by atoms with Crippen LogP contribution < -0.4 is 9.47 Å². The summed E-state index contributed by atoms with van der Waals surface area (Å²) in [5.74, 6) is 0.127. The average molecular weight is 528 g/mol. The zero-order valence-corrected chi connectivity index (χ0v) is 20.9. The van der Waals surface area contributed by atoms with E-state index in [1.54, 1.807) is 28.7 Å². The van der Waals surface area contributed by atoms with E-state index in [9.17, 15) is 4.79 Å². The molecule has 0 bridgehead atoms. The number of aromatic nitrogens is 4. The van der Waals surface area contributed by atoms with Crippen molar-refractivity contribution in [3.05, 3.63) is 52.5 Å². The highest BCUT2D eigenvalue weighted by molar-refractivity contribution is 7.08. The molecule has 11 heteroatoms. The Kier molecular flexibility index (Phi) is 4.32. The largest absolute Gasteiger partial charge is 0.496 e. The fourth-order valence-corrected chi connectivity index (χ4v) is 5.31. The summed E-state index contributed by atoms with van der Waals surface area (Å²) in [6.07, 6.45) is 1.67. The minimum absolute atomic E-state index is 0.0775. The van der Waals surface area contributed by atoms with E-state index in [0.717, 1.165) is 11.3 Å². The van der Waals surface area contributed by atoms with Crippen molar-refractivity contribution in [3.8, 4) is 39.7 Å². The summed E-state index contributed by atoms with van der Waals surface area (Å²) in [5, 5.41) is 12.7. The van der Waals surface area contributed by atoms with E-state index in [2.05, 4.69) is 10.2 Å². The molecule has 192 valence electrons. The highest BCUT2D eigenvalue weighted by Gasteiger charge is 2.46. The summed E-state index contributed by atoms with van der Waals surface area (Å²) in [4.78, 5) is 14.9. The van der Waals surface area contributed by atoms with Crippen LogP contribution in [0.4, 0.5) is 0 Å². The number of ether oxygens (including phenoxy) is 4. The summed E-state index contributed by atoms with van der Waals surface area (Å²) in [6.45, 7) is -4.03. The number of fused-ring (bicyclic) bond motifs is 3. The molecular formula is C26H27N5O5S. The van der Waals surface area contributed by atoms with Crippen LogP contribution in [-0.4, -0.2) is 76.9 Å². The van der Waals surface area contributed by atoms with Gasteiger partial charge in [0.05, 0.1) is 48.1 Å². The fraction of sp³-hybridized carbons (Fsp3) is 0.346. The number of carbonyl (C=O) groups excluding carboxylic acids is 1. The van der Waals surface area contributed by atoms with Gasteiger partial charge in [-0.2, -0.15) is 21.5 Å². The van der Waals surface area contributed by atoms with Gasteiger partial charge in [-0.3, -0.25) is 9.48 Å². The van der Waals surface area contributed by atoms with Crippen LogP contribution in [0.1, 0.15) is 24.3 Å². The smallest absolute Gasteiger partial charge is 0.275 e. The Hall–Kier alpha value is -3.67. The van der Waals surface area contributed by atoms with Crippen molar-refractivity contribution in [2.45, 2.75) is 12.1 Å². The van der Waals surface area contributed by atoms with E-state index in [-0.39, 0.29) is 25.5 Å². The summed E-state index contributed by atoms with van der Waals surface area (Å²) in [7, 11) is 0.569. The summed E-state index contributed by atoms with van der Waals surface area (Å²) in [6, 6.07) is 7.30. The van der Waals surface area contributed by atoms with Gasteiger partial charge in [-0.15, -0.1) is 0 Å². The first-order valence-electron chi connectivity index (χ1n) is 14.4. The van der Waals surface area contributed by atoms with Gasteiger partial charge in [-0.25, -0.2) is 4.68 Å². The molecule has 0 N–H and O–H groups in total. The number of benzene rings is 1. The first-order chi connectivity index (χ1) is 20.3. The van der Waals surface area contributed by atoms with E-state index >= 15 is 0 Å². The van der Waals surface area contributed by atoms with Crippen LogP contribution in [0.5, 0.6) is 11.5 Å². The van der Waals surface area contributed by atoms with Crippen LogP contribution in [-0.2, 0) is 23.1 Å². The van der Waals surface area contributed by atoms with Crippen molar-refractivity contribution in [3.63, 3.8) is 0 Å². The molecule has 0 spiro atoms. The van der Waals surface area contributed by atoms with E-state index in [1.807, 2.05) is 36.0 Å². The Morgan fingerprint density at radius 3 is 2.86 bits per heavy atom. The molecule has 0 saturated carbocycles. The molecule has 0 atom stereocenters. The molecule has 1 saturated heterocycles. The molecule has 6 rings (SSSR count). The van der Waals surface area contributed by atoms with Gasteiger partial charge in [0.2, 0.25) is 0 Å². The van der Waals surface area contributed by atoms with Crippen molar-refractivity contribution in [1.29, 1.82) is 0 Å². The highest BCUT2D eigenvalue weighted by atomic mass is 32.1. The van der Waals surface area contributed by atoms with Crippen LogP contribution in [0.25, 0.3) is 28.2 Å². The summed E-state index contributed by atoms with van der Waals surface area (Å²) < 4.78 is 72.5. The van der Waals surface area contributed by atoms with Gasteiger partial charge in [0.1, 0.15) is 23.6 Å². The third-order valence-electron chi connectivity index (χ3n) is 6.72. The van der Waals surface area contributed by atoms with E-state index in [1.165, 1.54) is 11.3 Å². The number of thiophene rings is 1. The third kappa shape index (κ3) is 3.64. The zero-order chi connectivity index (χ0) is 30.7. The molecule has 1 fully saturated rings. The number of carbonyl (C=O) groups is 1. The SMILES string of the molecule is [2H]C([2H])([2H])OCC1(N(C(=O)c2nn(-c3ccsc3)c3c2COc2cc(OC)c(-c4ccnn4C)cc2-3)C([2H])([2H])[2H])COC1. The maximum atomic E-state index is 14.3. The predicted octanol–water partition coefficient (Wildman–Crippen LogP) is 3.39. The lowest BCUT2D eigenvalue weighted by Gasteiger charge is -2.47. The first kappa shape index (κ1) is 17.7. The lowest BCUT2D eigenvalue weighted by Crippen LogP contribution is -2.65. The fourth-order valence-electron chi connectivity index (χ4n) is 4.69. The molecule has 0 aliphatic carbocycles. The van der Waals surface area contributed by atoms with Crippen LogP contribution >= 0.6 is 11.3 Å². The number of methoxy groups -OCH3 is 2. The van der Waals surface area contributed by atoms with Crippen molar-refractivity contribution in [1.82, 2.24) is 24.5 Å². The number of likely N-dealkylation sites (N-methyl/N-ethyl adjacent to an activating group) is 1. The van der Waals surface area contributed by atoms with Crippen LogP contribution in [0.15, 0.2) is 41.2 Å². The second-order valence-electron chi connectivity index (χ2n) is 8.89. The van der Waals surface area contributed by atoms with Gasteiger partial charge >= 0.3 is 0 Å². The average Bonchev–Trinajstić information content (AvgIpc) is 3.67. The maximum Gasteiger partial charge on any atom is 0.275 e. The van der Waals surface area contributed by atoms with Gasteiger partial charge in [0.15, 0.2) is 5.69 Å². The Morgan fingerprint density at radius 2 is 2.22 bits per heavy atom. The molecule has 0 unspecified atom stereocenters. The van der Waals surface area contributed by atoms with Gasteiger partial charge in [-0.1, -0.05) is 0 Å². The Balaban J connectivity index is 1.52. The van der Waals surface area contributed by atoms with Gasteiger partial charge in [-0.05, 0) is 23.6 Å².